The molecule has 1 atom stereocenters. The molecule has 0 bridgehead atoms. The van der Waals surface area contributed by atoms with Crippen molar-refractivity contribution in [3.05, 3.63) is 87.6 Å². The van der Waals surface area contributed by atoms with Crippen LogP contribution in [-0.2, 0) is 11.2 Å². The molecule has 6 heteroatoms. The van der Waals surface area contributed by atoms with Gasteiger partial charge in [0.1, 0.15) is 12.3 Å². The van der Waals surface area contributed by atoms with Crippen LogP contribution in [0.4, 0.5) is 0 Å². The Balaban J connectivity index is 1.63. The van der Waals surface area contributed by atoms with Crippen LogP contribution in [0, 0.1) is 5.92 Å². The average Bonchev–Trinajstić information content (AvgIpc) is 3.31. The van der Waals surface area contributed by atoms with Gasteiger partial charge in [-0.2, -0.15) is 0 Å². The average molecular weight is 463 g/mol. The molecule has 0 saturated heterocycles. The molecule has 33 heavy (non-hydrogen) atoms. The molecule has 0 fully saturated rings. The lowest BCUT2D eigenvalue weighted by atomic mass is 9.93. The van der Waals surface area contributed by atoms with Gasteiger partial charge in [-0.3, -0.25) is 9.59 Å². The molecule has 0 aliphatic carbocycles. The fraction of sp³-hybridized carbons (Fsp3) is 0.333. The summed E-state index contributed by atoms with van der Waals surface area (Å²) >= 11 is 1.75. The number of para-hydroxylation sites is 1. The second-order valence-corrected chi connectivity index (χ2v) is 9.73. The number of hydrogen-bond acceptors (Lipinski definition) is 4. The van der Waals surface area contributed by atoms with E-state index in [1.165, 1.54) is 10.4 Å². The molecule has 4 rings (SSSR count). The molecule has 0 radical (unpaired) electrons. The van der Waals surface area contributed by atoms with E-state index in [1.807, 2.05) is 35.2 Å². The minimum absolute atomic E-state index is 0.0374. The number of benzene rings is 2. The zero-order valence-electron chi connectivity index (χ0n) is 19.4. The van der Waals surface area contributed by atoms with Gasteiger partial charge in [-0.15, -0.1) is 11.3 Å². The molecule has 1 aliphatic heterocycles. The molecule has 3 aromatic rings. The zero-order chi connectivity index (χ0) is 23.4. The van der Waals surface area contributed by atoms with Crippen molar-refractivity contribution in [2.45, 2.75) is 26.3 Å². The normalized spacial score (nSPS) is 15.3. The molecule has 1 aromatic heterocycles. The van der Waals surface area contributed by atoms with Gasteiger partial charge < -0.3 is 14.5 Å². The van der Waals surface area contributed by atoms with E-state index in [0.29, 0.717) is 24.4 Å². The predicted molar refractivity (Wildman–Crippen MR) is 132 cm³/mol. The Morgan fingerprint density at radius 1 is 1.09 bits per heavy atom. The molecule has 2 heterocycles. The Hall–Kier alpha value is -3.12. The fourth-order valence-electron chi connectivity index (χ4n) is 4.49. The molecule has 1 unspecified atom stereocenters. The summed E-state index contributed by atoms with van der Waals surface area (Å²) in [6.45, 7) is 5.29. The Morgan fingerprint density at radius 3 is 2.55 bits per heavy atom. The summed E-state index contributed by atoms with van der Waals surface area (Å²) in [5.74, 6) is 0.529. The highest BCUT2D eigenvalue weighted by atomic mass is 32.1. The number of nitrogens with zero attached hydrogens (tertiary/aromatic N) is 2. The molecule has 172 valence electrons. The molecular weight excluding hydrogens is 432 g/mol. The van der Waals surface area contributed by atoms with E-state index in [-0.39, 0.29) is 30.3 Å². The first-order valence-corrected chi connectivity index (χ1v) is 12.2. The highest BCUT2D eigenvalue weighted by Crippen LogP contribution is 2.37. The molecule has 2 aromatic carbocycles. The minimum atomic E-state index is -0.181. The van der Waals surface area contributed by atoms with Gasteiger partial charge in [0.15, 0.2) is 0 Å². The molecular formula is C27H30N2O3S. The number of carbonyl (C=O) groups excluding carboxylic acids is 2. The predicted octanol–water partition coefficient (Wildman–Crippen LogP) is 5.03. The van der Waals surface area contributed by atoms with Gasteiger partial charge in [0.25, 0.3) is 5.91 Å². The summed E-state index contributed by atoms with van der Waals surface area (Å²) in [6.07, 6.45) is 0.840. The topological polar surface area (TPSA) is 49.9 Å². The van der Waals surface area contributed by atoms with E-state index in [1.54, 1.807) is 35.5 Å². The van der Waals surface area contributed by atoms with Crippen LogP contribution in [0.3, 0.4) is 0 Å². The second kappa shape index (κ2) is 10.2. The van der Waals surface area contributed by atoms with Crippen molar-refractivity contribution in [3.63, 3.8) is 0 Å². The molecule has 0 saturated carbocycles. The summed E-state index contributed by atoms with van der Waals surface area (Å²) in [5.41, 5.74) is 2.76. The lowest BCUT2D eigenvalue weighted by Crippen LogP contribution is -2.47. The maximum atomic E-state index is 13.7. The number of methoxy groups -OCH3 is 1. The standard InChI is InChI=1S/C27H30N2O3S/c1-19(2)17-28(27(31)21-11-7-8-12-23(21)32-3)18-25(30)29-15-13-24-22(14-16-33-24)26(29)20-9-5-4-6-10-20/h4-12,14,16,19,26H,13,15,17-18H2,1-3H3. The van der Waals surface area contributed by atoms with Crippen LogP contribution in [-0.4, -0.2) is 48.4 Å². The van der Waals surface area contributed by atoms with Crippen molar-refractivity contribution in [2.75, 3.05) is 26.7 Å². The van der Waals surface area contributed by atoms with E-state index >= 15 is 0 Å². The summed E-state index contributed by atoms with van der Waals surface area (Å²) in [5, 5.41) is 2.10. The van der Waals surface area contributed by atoms with Gasteiger partial charge >= 0.3 is 0 Å². The van der Waals surface area contributed by atoms with Crippen molar-refractivity contribution < 1.29 is 14.3 Å². The Bertz CT molecular complexity index is 1110. The van der Waals surface area contributed by atoms with Crippen LogP contribution in [0.5, 0.6) is 5.75 Å². The van der Waals surface area contributed by atoms with E-state index < -0.39 is 0 Å². The van der Waals surface area contributed by atoms with Crippen LogP contribution in [0.2, 0.25) is 0 Å². The molecule has 0 N–H and O–H groups in total. The lowest BCUT2D eigenvalue weighted by Gasteiger charge is -2.38. The number of rotatable bonds is 7. The second-order valence-electron chi connectivity index (χ2n) is 8.73. The van der Waals surface area contributed by atoms with Gasteiger partial charge in [-0.25, -0.2) is 0 Å². The first kappa shape index (κ1) is 23.1. The minimum Gasteiger partial charge on any atom is -0.496 e. The fourth-order valence-corrected chi connectivity index (χ4v) is 5.39. The Kier molecular flexibility index (Phi) is 7.14. The van der Waals surface area contributed by atoms with Crippen molar-refractivity contribution in [1.29, 1.82) is 0 Å². The smallest absolute Gasteiger partial charge is 0.258 e. The maximum absolute atomic E-state index is 13.7. The number of fused-ring (bicyclic) bond motifs is 1. The zero-order valence-corrected chi connectivity index (χ0v) is 20.2. The van der Waals surface area contributed by atoms with Gasteiger partial charge in [0.2, 0.25) is 5.91 Å². The number of thiophene rings is 1. The van der Waals surface area contributed by atoms with Gasteiger partial charge in [-0.1, -0.05) is 56.3 Å². The highest BCUT2D eigenvalue weighted by molar-refractivity contribution is 7.10. The number of ether oxygens (including phenoxy) is 1. The number of carbonyl (C=O) groups is 2. The molecule has 5 nitrogen and oxygen atoms in total. The third kappa shape index (κ3) is 4.96. The monoisotopic (exact) mass is 462 g/mol. The summed E-state index contributed by atoms with van der Waals surface area (Å²) < 4.78 is 5.41. The summed E-state index contributed by atoms with van der Waals surface area (Å²) in [7, 11) is 1.56. The van der Waals surface area contributed by atoms with E-state index in [9.17, 15) is 9.59 Å². The van der Waals surface area contributed by atoms with E-state index in [2.05, 4.69) is 37.4 Å². The largest absolute Gasteiger partial charge is 0.496 e. The maximum Gasteiger partial charge on any atom is 0.258 e. The number of amides is 2. The van der Waals surface area contributed by atoms with Crippen LogP contribution in [0.1, 0.15) is 46.3 Å². The quantitative estimate of drug-likeness (QED) is 0.495. The van der Waals surface area contributed by atoms with Crippen molar-refractivity contribution in [3.8, 4) is 5.75 Å². The van der Waals surface area contributed by atoms with Crippen LogP contribution in [0.15, 0.2) is 66.0 Å². The lowest BCUT2D eigenvalue weighted by molar-refractivity contribution is -0.134. The molecule has 0 spiro atoms. The van der Waals surface area contributed by atoms with Crippen LogP contribution in [0.25, 0.3) is 0 Å². The van der Waals surface area contributed by atoms with Crippen molar-refractivity contribution in [1.82, 2.24) is 9.80 Å². The van der Waals surface area contributed by atoms with Gasteiger partial charge in [0, 0.05) is 18.0 Å². The third-order valence-corrected chi connectivity index (χ3v) is 6.93. The van der Waals surface area contributed by atoms with Crippen LogP contribution >= 0.6 is 11.3 Å². The van der Waals surface area contributed by atoms with Gasteiger partial charge in [-0.05, 0) is 47.0 Å². The van der Waals surface area contributed by atoms with E-state index in [0.717, 1.165) is 12.0 Å². The SMILES string of the molecule is COc1ccccc1C(=O)N(CC(=O)N1CCc2sccc2C1c1ccccc1)CC(C)C. The number of hydrogen-bond donors (Lipinski definition) is 0. The molecule has 1 aliphatic rings. The van der Waals surface area contributed by atoms with Crippen LogP contribution < -0.4 is 4.74 Å². The Labute approximate surface area is 199 Å². The van der Waals surface area contributed by atoms with E-state index in [4.69, 9.17) is 4.74 Å². The first-order valence-electron chi connectivity index (χ1n) is 11.3. The van der Waals surface area contributed by atoms with Crippen molar-refractivity contribution >= 4 is 23.2 Å². The molecule has 2 amide bonds. The van der Waals surface area contributed by atoms with Crippen molar-refractivity contribution in [2.24, 2.45) is 5.92 Å². The Morgan fingerprint density at radius 2 is 1.82 bits per heavy atom. The van der Waals surface area contributed by atoms with Gasteiger partial charge in [0.05, 0.1) is 18.7 Å². The summed E-state index contributed by atoms with van der Waals surface area (Å²) in [4.78, 5) is 32.1. The third-order valence-electron chi connectivity index (χ3n) is 5.94. The highest BCUT2D eigenvalue weighted by Gasteiger charge is 2.34. The summed E-state index contributed by atoms with van der Waals surface area (Å²) in [6, 6.07) is 19.3. The first-order chi connectivity index (χ1) is 16.0.